The standard InChI is InChI=1S/C12H15N3O2S/c1-7-5-13-12-15(11(7)17)9(6-18-12)4-10(16)14-8-2-3-8/h5,8-9H,2-4,6H2,1H3,(H,14,16)/t9-/m0/s1. The number of hydrogen-bond donors (Lipinski definition) is 1. The summed E-state index contributed by atoms with van der Waals surface area (Å²) < 4.78 is 1.67. The minimum Gasteiger partial charge on any atom is -0.353 e. The second-order valence-electron chi connectivity index (χ2n) is 4.91. The Balaban J connectivity index is 1.78. The fourth-order valence-corrected chi connectivity index (χ4v) is 3.21. The van der Waals surface area contributed by atoms with Gasteiger partial charge in [-0.25, -0.2) is 4.98 Å². The molecule has 1 fully saturated rings. The molecule has 5 nitrogen and oxygen atoms in total. The second kappa shape index (κ2) is 4.42. The summed E-state index contributed by atoms with van der Waals surface area (Å²) in [6.45, 7) is 1.76. The van der Waals surface area contributed by atoms with E-state index >= 15 is 0 Å². The van der Waals surface area contributed by atoms with Crippen molar-refractivity contribution in [1.29, 1.82) is 0 Å². The van der Waals surface area contributed by atoms with Crippen LogP contribution < -0.4 is 10.9 Å². The van der Waals surface area contributed by atoms with Crippen LogP contribution in [-0.4, -0.2) is 27.3 Å². The largest absolute Gasteiger partial charge is 0.353 e. The average Bonchev–Trinajstić information content (AvgIpc) is 3.04. The van der Waals surface area contributed by atoms with Crippen molar-refractivity contribution in [2.45, 2.75) is 43.4 Å². The summed E-state index contributed by atoms with van der Waals surface area (Å²) in [5, 5.41) is 3.69. The van der Waals surface area contributed by atoms with Gasteiger partial charge in [-0.2, -0.15) is 0 Å². The Labute approximate surface area is 109 Å². The smallest absolute Gasteiger partial charge is 0.257 e. The van der Waals surface area contributed by atoms with Crippen LogP contribution in [0.5, 0.6) is 0 Å². The van der Waals surface area contributed by atoms with Crippen molar-refractivity contribution < 1.29 is 4.79 Å². The number of aryl methyl sites for hydroxylation is 1. The van der Waals surface area contributed by atoms with E-state index in [0.717, 1.165) is 23.8 Å². The molecule has 1 aliphatic heterocycles. The van der Waals surface area contributed by atoms with Crippen LogP contribution in [0.3, 0.4) is 0 Å². The lowest BCUT2D eigenvalue weighted by atomic mass is 10.2. The molecular weight excluding hydrogens is 250 g/mol. The number of fused-ring (bicyclic) bond motifs is 1. The Bertz CT molecular complexity index is 551. The Morgan fingerprint density at radius 1 is 1.61 bits per heavy atom. The molecular formula is C12H15N3O2S. The van der Waals surface area contributed by atoms with Crippen LogP contribution in [0.2, 0.25) is 0 Å². The molecule has 1 aliphatic carbocycles. The van der Waals surface area contributed by atoms with Gasteiger partial charge >= 0.3 is 0 Å². The molecule has 2 aliphatic rings. The van der Waals surface area contributed by atoms with Crippen molar-refractivity contribution in [1.82, 2.24) is 14.9 Å². The van der Waals surface area contributed by atoms with Gasteiger partial charge in [-0.15, -0.1) is 0 Å². The van der Waals surface area contributed by atoms with Crippen molar-refractivity contribution in [2.24, 2.45) is 0 Å². The van der Waals surface area contributed by atoms with Gasteiger partial charge in [0.1, 0.15) is 0 Å². The van der Waals surface area contributed by atoms with Crippen LogP contribution in [0.4, 0.5) is 0 Å². The summed E-state index contributed by atoms with van der Waals surface area (Å²) in [5.74, 6) is 0.799. The molecule has 1 aromatic heterocycles. The van der Waals surface area contributed by atoms with E-state index in [4.69, 9.17) is 0 Å². The summed E-state index contributed by atoms with van der Waals surface area (Å²) in [5.41, 5.74) is 0.614. The molecule has 96 valence electrons. The van der Waals surface area contributed by atoms with E-state index in [-0.39, 0.29) is 17.5 Å². The van der Waals surface area contributed by atoms with Gasteiger partial charge < -0.3 is 5.32 Å². The highest BCUT2D eigenvalue weighted by atomic mass is 32.2. The number of nitrogens with one attached hydrogen (secondary N) is 1. The second-order valence-corrected chi connectivity index (χ2v) is 5.90. The fraction of sp³-hybridized carbons (Fsp3) is 0.583. The monoisotopic (exact) mass is 265 g/mol. The topological polar surface area (TPSA) is 64.0 Å². The molecule has 0 aromatic carbocycles. The summed E-state index contributed by atoms with van der Waals surface area (Å²) in [6, 6.07) is 0.321. The van der Waals surface area contributed by atoms with E-state index in [1.54, 1.807) is 29.4 Å². The van der Waals surface area contributed by atoms with Crippen molar-refractivity contribution in [3.63, 3.8) is 0 Å². The van der Waals surface area contributed by atoms with Crippen molar-refractivity contribution in [3.05, 3.63) is 22.1 Å². The van der Waals surface area contributed by atoms with E-state index in [9.17, 15) is 9.59 Å². The Kier molecular flexibility index (Phi) is 2.89. The third-order valence-corrected chi connectivity index (χ3v) is 4.38. The van der Waals surface area contributed by atoms with Gasteiger partial charge in [-0.05, 0) is 19.8 Å². The maximum absolute atomic E-state index is 12.1. The number of carbonyl (C=O) groups is 1. The molecule has 1 saturated carbocycles. The summed E-state index contributed by atoms with van der Waals surface area (Å²) >= 11 is 1.55. The maximum Gasteiger partial charge on any atom is 0.257 e. The van der Waals surface area contributed by atoms with Crippen molar-refractivity contribution in [3.8, 4) is 0 Å². The third-order valence-electron chi connectivity index (χ3n) is 3.26. The Morgan fingerprint density at radius 3 is 3.11 bits per heavy atom. The number of nitrogens with zero attached hydrogens (tertiary/aromatic N) is 2. The zero-order valence-electron chi connectivity index (χ0n) is 10.2. The Morgan fingerprint density at radius 2 is 2.39 bits per heavy atom. The molecule has 1 aromatic rings. The number of rotatable bonds is 3. The van der Waals surface area contributed by atoms with Crippen molar-refractivity contribution in [2.75, 3.05) is 5.75 Å². The molecule has 0 bridgehead atoms. The molecule has 3 rings (SSSR count). The van der Waals surface area contributed by atoms with Crippen LogP contribution in [0.1, 0.15) is 30.9 Å². The zero-order chi connectivity index (χ0) is 12.7. The molecule has 0 saturated heterocycles. The lowest BCUT2D eigenvalue weighted by molar-refractivity contribution is -0.121. The number of carbonyl (C=O) groups excluding carboxylic acids is 1. The SMILES string of the molecule is Cc1cnc2n(c1=O)[C@@H](CC(=O)NC1CC1)CS2. The van der Waals surface area contributed by atoms with Gasteiger partial charge in [-0.1, -0.05) is 11.8 Å². The molecule has 1 atom stereocenters. The van der Waals surface area contributed by atoms with Gasteiger partial charge in [0, 0.05) is 30.0 Å². The van der Waals surface area contributed by atoms with Crippen LogP contribution >= 0.6 is 11.8 Å². The van der Waals surface area contributed by atoms with Gasteiger partial charge in [0.05, 0.1) is 6.04 Å². The highest BCUT2D eigenvalue weighted by molar-refractivity contribution is 7.99. The lowest BCUT2D eigenvalue weighted by Gasteiger charge is -2.13. The predicted molar refractivity (Wildman–Crippen MR) is 68.8 cm³/mol. The Hall–Kier alpha value is -1.30. The van der Waals surface area contributed by atoms with E-state index in [1.165, 1.54) is 0 Å². The van der Waals surface area contributed by atoms with E-state index in [2.05, 4.69) is 10.3 Å². The average molecular weight is 265 g/mol. The van der Waals surface area contributed by atoms with Crippen LogP contribution in [0, 0.1) is 6.92 Å². The first-order chi connectivity index (χ1) is 8.65. The minimum absolute atomic E-state index is 0.0192. The minimum atomic E-state index is -0.0522. The number of hydrogen-bond acceptors (Lipinski definition) is 4. The molecule has 2 heterocycles. The maximum atomic E-state index is 12.1. The van der Waals surface area contributed by atoms with Crippen LogP contribution in [0.25, 0.3) is 0 Å². The number of amides is 1. The molecule has 1 N–H and O–H groups in total. The van der Waals surface area contributed by atoms with Gasteiger partial charge in [0.2, 0.25) is 5.91 Å². The number of thioether (sulfide) groups is 1. The fourth-order valence-electron chi connectivity index (χ4n) is 2.10. The third kappa shape index (κ3) is 2.16. The van der Waals surface area contributed by atoms with E-state index in [1.807, 2.05) is 0 Å². The highest BCUT2D eigenvalue weighted by Gasteiger charge is 2.29. The number of aromatic nitrogens is 2. The van der Waals surface area contributed by atoms with E-state index in [0.29, 0.717) is 18.0 Å². The summed E-state index contributed by atoms with van der Waals surface area (Å²) in [7, 11) is 0. The first-order valence-corrected chi connectivity index (χ1v) is 7.14. The van der Waals surface area contributed by atoms with Gasteiger partial charge in [0.25, 0.3) is 5.56 Å². The summed E-state index contributed by atoms with van der Waals surface area (Å²) in [6.07, 6.45) is 4.15. The van der Waals surface area contributed by atoms with Crippen molar-refractivity contribution >= 4 is 17.7 Å². The first-order valence-electron chi connectivity index (χ1n) is 6.15. The highest BCUT2D eigenvalue weighted by Crippen LogP contribution is 2.32. The van der Waals surface area contributed by atoms with Gasteiger partial charge in [0.15, 0.2) is 5.16 Å². The normalized spacial score (nSPS) is 21.7. The molecule has 6 heteroatoms. The zero-order valence-corrected chi connectivity index (χ0v) is 11.0. The molecule has 0 unspecified atom stereocenters. The quantitative estimate of drug-likeness (QED) is 0.824. The molecule has 0 radical (unpaired) electrons. The summed E-state index contributed by atoms with van der Waals surface area (Å²) in [4.78, 5) is 28.1. The van der Waals surface area contributed by atoms with Gasteiger partial charge in [-0.3, -0.25) is 14.2 Å². The molecule has 1 amide bonds. The van der Waals surface area contributed by atoms with E-state index < -0.39 is 0 Å². The predicted octanol–water partition coefficient (Wildman–Crippen LogP) is 0.867. The van der Waals surface area contributed by atoms with Crippen LogP contribution in [-0.2, 0) is 4.79 Å². The van der Waals surface area contributed by atoms with Crippen LogP contribution in [0.15, 0.2) is 16.1 Å². The first kappa shape index (κ1) is 11.8. The molecule has 18 heavy (non-hydrogen) atoms. The lowest BCUT2D eigenvalue weighted by Crippen LogP contribution is -2.32. The molecule has 0 spiro atoms.